The Morgan fingerprint density at radius 1 is 0.848 bits per heavy atom. The van der Waals surface area contributed by atoms with Gasteiger partial charge in [-0.25, -0.2) is 8.42 Å². The summed E-state index contributed by atoms with van der Waals surface area (Å²) >= 11 is 6.26. The van der Waals surface area contributed by atoms with E-state index in [-0.39, 0.29) is 18.0 Å². The fourth-order valence-electron chi connectivity index (χ4n) is 5.19. The number of ether oxygens (including phenoxy) is 2. The number of fused-ring (bicyclic) bond motifs is 1. The van der Waals surface area contributed by atoms with Crippen molar-refractivity contribution in [1.82, 2.24) is 10.3 Å². The first-order valence-electron chi connectivity index (χ1n) is 14.9. The molecule has 1 amide bonds. The predicted molar refractivity (Wildman–Crippen MR) is 181 cm³/mol. The van der Waals surface area contributed by atoms with E-state index in [2.05, 4.69) is 10.3 Å². The van der Waals surface area contributed by atoms with Gasteiger partial charge < -0.3 is 19.8 Å². The maximum atomic E-state index is 13.3. The highest BCUT2D eigenvalue weighted by Gasteiger charge is 2.23. The number of sulfone groups is 1. The number of nitrogens with one attached hydrogen (secondary N) is 2. The summed E-state index contributed by atoms with van der Waals surface area (Å²) in [5, 5.41) is 4.21. The average Bonchev–Trinajstić information content (AvgIpc) is 3.41. The lowest BCUT2D eigenvalue weighted by Gasteiger charge is -2.11. The van der Waals surface area contributed by atoms with E-state index in [4.69, 9.17) is 21.1 Å². The molecule has 0 aliphatic rings. The highest BCUT2D eigenvalue weighted by atomic mass is 35.5. The molecule has 0 aliphatic carbocycles. The standard InChI is InChI=1S/C36H35ClN2O6S/c1-24-21-29(22-25(2)34(24)37)44-19-8-12-31-30-11-6-7-13-32(30)39-35(31)33(40)23-46(42,43)20-18-38-36(41)26-14-16-28(17-15-26)45-27-9-4-3-5-10-27/h3-7,9-11,13-17,21-22,39H,8,12,18-20,23H2,1-2H3,(H,38,41). The zero-order valence-electron chi connectivity index (χ0n) is 25.6. The number of para-hydroxylation sites is 2. The van der Waals surface area contributed by atoms with Gasteiger partial charge in [0.1, 0.15) is 23.0 Å². The third-order valence-electron chi connectivity index (χ3n) is 7.49. The van der Waals surface area contributed by atoms with Crippen molar-refractivity contribution < 1.29 is 27.5 Å². The van der Waals surface area contributed by atoms with E-state index in [1.807, 2.05) is 80.6 Å². The molecule has 5 rings (SSSR count). The maximum absolute atomic E-state index is 13.3. The number of rotatable bonds is 14. The van der Waals surface area contributed by atoms with Crippen molar-refractivity contribution in [2.75, 3.05) is 24.7 Å². The van der Waals surface area contributed by atoms with Crippen molar-refractivity contribution in [2.45, 2.75) is 26.7 Å². The van der Waals surface area contributed by atoms with Gasteiger partial charge in [-0.05, 0) is 98.0 Å². The summed E-state index contributed by atoms with van der Waals surface area (Å²) in [6.07, 6.45) is 1.13. The van der Waals surface area contributed by atoms with Crippen LogP contribution in [0.2, 0.25) is 5.02 Å². The van der Waals surface area contributed by atoms with Crippen molar-refractivity contribution in [1.29, 1.82) is 0 Å². The largest absolute Gasteiger partial charge is 0.494 e. The normalized spacial score (nSPS) is 11.4. The topological polar surface area (TPSA) is 115 Å². The number of amides is 1. The van der Waals surface area contributed by atoms with Gasteiger partial charge in [-0.3, -0.25) is 9.59 Å². The quantitative estimate of drug-likeness (QED) is 0.0958. The van der Waals surface area contributed by atoms with Crippen LogP contribution in [0.5, 0.6) is 17.2 Å². The molecule has 0 radical (unpaired) electrons. The molecule has 1 aromatic heterocycles. The third-order valence-corrected chi connectivity index (χ3v) is 9.61. The Morgan fingerprint density at radius 3 is 2.22 bits per heavy atom. The van der Waals surface area contributed by atoms with E-state index in [0.29, 0.717) is 41.5 Å². The van der Waals surface area contributed by atoms with Gasteiger partial charge in [-0.1, -0.05) is 48.0 Å². The molecular weight excluding hydrogens is 624 g/mol. The molecule has 0 saturated heterocycles. The van der Waals surface area contributed by atoms with Crippen molar-refractivity contribution in [3.8, 4) is 17.2 Å². The van der Waals surface area contributed by atoms with E-state index in [0.717, 1.165) is 33.3 Å². The number of carbonyl (C=O) groups is 2. The molecule has 0 fully saturated rings. The Bertz CT molecular complexity index is 1930. The number of benzene rings is 4. The number of ketones is 1. The molecule has 0 spiro atoms. The molecule has 0 saturated carbocycles. The lowest BCUT2D eigenvalue weighted by molar-refractivity contribution is 0.0955. The van der Waals surface area contributed by atoms with Crippen molar-refractivity contribution in [3.05, 3.63) is 124 Å². The summed E-state index contributed by atoms with van der Waals surface area (Å²) < 4.78 is 37.6. The van der Waals surface area contributed by atoms with Gasteiger partial charge in [0.15, 0.2) is 15.6 Å². The number of Topliss-reactive ketones (excluding diaryl/α,β-unsaturated/α-hetero) is 1. The molecule has 0 bridgehead atoms. The van der Waals surface area contributed by atoms with Crippen molar-refractivity contribution in [2.24, 2.45) is 0 Å². The van der Waals surface area contributed by atoms with Gasteiger partial charge in [-0.15, -0.1) is 0 Å². The molecular formula is C36H35ClN2O6S. The highest BCUT2D eigenvalue weighted by molar-refractivity contribution is 7.92. The molecule has 10 heteroatoms. The molecule has 5 aromatic rings. The maximum Gasteiger partial charge on any atom is 0.251 e. The molecule has 0 aliphatic heterocycles. The summed E-state index contributed by atoms with van der Waals surface area (Å²) in [4.78, 5) is 29.1. The van der Waals surface area contributed by atoms with Gasteiger partial charge >= 0.3 is 0 Å². The second kappa shape index (κ2) is 14.7. The Balaban J connectivity index is 1.16. The van der Waals surface area contributed by atoms with Crippen LogP contribution in [-0.4, -0.2) is 49.7 Å². The van der Waals surface area contributed by atoms with Gasteiger partial charge in [-0.2, -0.15) is 0 Å². The number of aryl methyl sites for hydroxylation is 3. The predicted octanol–water partition coefficient (Wildman–Crippen LogP) is 7.27. The van der Waals surface area contributed by atoms with Gasteiger partial charge in [0, 0.05) is 28.0 Å². The van der Waals surface area contributed by atoms with Crippen LogP contribution in [0.25, 0.3) is 10.9 Å². The Morgan fingerprint density at radius 2 is 1.50 bits per heavy atom. The summed E-state index contributed by atoms with van der Waals surface area (Å²) in [5.41, 5.74) is 4.04. The second-order valence-corrected chi connectivity index (χ2v) is 13.6. The summed E-state index contributed by atoms with van der Waals surface area (Å²) in [6.45, 7) is 4.14. The van der Waals surface area contributed by atoms with Crippen molar-refractivity contribution in [3.63, 3.8) is 0 Å². The summed E-state index contributed by atoms with van der Waals surface area (Å²) in [5.74, 6) is -0.0151. The number of H-pyrrole nitrogens is 1. The zero-order valence-corrected chi connectivity index (χ0v) is 27.2. The van der Waals surface area contributed by atoms with Crippen molar-refractivity contribution >= 4 is 44.0 Å². The first kappa shape index (κ1) is 32.8. The minimum atomic E-state index is -3.81. The Kier molecular flexibility index (Phi) is 10.4. The summed E-state index contributed by atoms with van der Waals surface area (Å²) in [6, 6.07) is 27.1. The number of hydrogen-bond acceptors (Lipinski definition) is 6. The molecule has 0 unspecified atom stereocenters. The first-order chi connectivity index (χ1) is 22.1. The Labute approximate surface area is 273 Å². The lowest BCUT2D eigenvalue weighted by Crippen LogP contribution is -2.31. The van der Waals surface area contributed by atoms with Crippen LogP contribution in [0.15, 0.2) is 91.0 Å². The number of halogens is 1. The SMILES string of the molecule is Cc1cc(OCCCc2c(C(=O)CS(=O)(=O)CCNC(=O)c3ccc(Oc4ccccc4)cc3)[nH]c3ccccc23)cc(C)c1Cl. The third kappa shape index (κ3) is 8.35. The fraction of sp³-hybridized carbons (Fsp3) is 0.222. The monoisotopic (exact) mass is 658 g/mol. The van der Waals surface area contributed by atoms with Gasteiger partial charge in [0.2, 0.25) is 0 Å². The van der Waals surface area contributed by atoms with Crippen LogP contribution in [0, 0.1) is 13.8 Å². The van der Waals surface area contributed by atoms with Gasteiger partial charge in [0.25, 0.3) is 5.91 Å². The van der Waals surface area contributed by atoms with Crippen LogP contribution in [0.1, 0.15) is 44.0 Å². The molecule has 46 heavy (non-hydrogen) atoms. The molecule has 0 atom stereocenters. The van der Waals surface area contributed by atoms with E-state index < -0.39 is 27.3 Å². The number of hydrogen-bond donors (Lipinski definition) is 2. The smallest absolute Gasteiger partial charge is 0.251 e. The van der Waals surface area contributed by atoms with E-state index >= 15 is 0 Å². The summed E-state index contributed by atoms with van der Waals surface area (Å²) in [7, 11) is -3.81. The molecule has 1 heterocycles. The highest BCUT2D eigenvalue weighted by Crippen LogP contribution is 2.27. The molecule has 4 aromatic carbocycles. The van der Waals surface area contributed by atoms with Crippen LogP contribution in [0.4, 0.5) is 0 Å². The van der Waals surface area contributed by atoms with E-state index in [1.165, 1.54) is 0 Å². The first-order valence-corrected chi connectivity index (χ1v) is 17.1. The fourth-order valence-corrected chi connectivity index (χ4v) is 6.40. The number of aromatic amines is 1. The molecule has 238 valence electrons. The minimum absolute atomic E-state index is 0.128. The van der Waals surface area contributed by atoms with E-state index in [1.54, 1.807) is 24.3 Å². The lowest BCUT2D eigenvalue weighted by atomic mass is 10.0. The van der Waals surface area contributed by atoms with Crippen LogP contribution in [0.3, 0.4) is 0 Å². The number of aromatic nitrogens is 1. The van der Waals surface area contributed by atoms with Crippen LogP contribution in [-0.2, 0) is 16.3 Å². The van der Waals surface area contributed by atoms with E-state index in [9.17, 15) is 18.0 Å². The zero-order chi connectivity index (χ0) is 32.7. The molecule has 8 nitrogen and oxygen atoms in total. The van der Waals surface area contributed by atoms with Gasteiger partial charge in [0.05, 0.1) is 18.1 Å². The number of carbonyl (C=O) groups excluding carboxylic acids is 2. The van der Waals surface area contributed by atoms with Crippen LogP contribution < -0.4 is 14.8 Å². The second-order valence-electron chi connectivity index (χ2n) is 11.1. The Hall–Kier alpha value is -4.60. The van der Waals surface area contributed by atoms with Crippen LogP contribution >= 0.6 is 11.6 Å². The average molecular weight is 659 g/mol. The minimum Gasteiger partial charge on any atom is -0.494 e. The molecule has 2 N–H and O–H groups in total.